The molecule has 8 heteroatoms. The molecule has 140 valence electrons. The molecule has 0 aliphatic heterocycles. The fourth-order valence-corrected chi connectivity index (χ4v) is 2.76. The van der Waals surface area contributed by atoms with Crippen molar-refractivity contribution >= 4 is 16.7 Å². The zero-order valence-electron chi connectivity index (χ0n) is 15.3. The Hall–Kier alpha value is -3.55. The van der Waals surface area contributed by atoms with Crippen LogP contribution in [-0.4, -0.2) is 44.2 Å². The van der Waals surface area contributed by atoms with Crippen LogP contribution in [0, 0.1) is 0 Å². The van der Waals surface area contributed by atoms with Crippen LogP contribution in [0.3, 0.4) is 0 Å². The zero-order valence-corrected chi connectivity index (χ0v) is 15.3. The van der Waals surface area contributed by atoms with Crippen molar-refractivity contribution in [3.8, 4) is 23.0 Å². The number of aromatic nitrogens is 2. The van der Waals surface area contributed by atoms with Gasteiger partial charge in [-0.25, -0.2) is 4.98 Å². The van der Waals surface area contributed by atoms with Crippen molar-refractivity contribution in [1.82, 2.24) is 9.97 Å². The minimum atomic E-state index is -0.501. The standard InChI is InChI=1S/C19H18N2O6/c1-24-12-7-5-6-11-15(12)20-18(21-19(11)23)16(22)10-8-13(25-2)17(27-4)14(9-10)26-3/h5-9H,1-4H3,(H,20,21,23). The predicted molar refractivity (Wildman–Crippen MR) is 98.4 cm³/mol. The maximum absolute atomic E-state index is 13.0. The first kappa shape index (κ1) is 18.2. The maximum Gasteiger partial charge on any atom is 0.259 e. The molecular weight excluding hydrogens is 352 g/mol. The number of hydrogen-bond acceptors (Lipinski definition) is 7. The molecule has 8 nitrogen and oxygen atoms in total. The number of benzene rings is 2. The van der Waals surface area contributed by atoms with E-state index in [1.165, 1.54) is 40.6 Å². The first-order chi connectivity index (χ1) is 13.0. The molecule has 0 radical (unpaired) electrons. The van der Waals surface area contributed by atoms with Crippen molar-refractivity contribution in [2.24, 2.45) is 0 Å². The Morgan fingerprint density at radius 2 is 1.56 bits per heavy atom. The number of carbonyl (C=O) groups is 1. The fraction of sp³-hybridized carbons (Fsp3) is 0.211. The number of para-hydroxylation sites is 1. The van der Waals surface area contributed by atoms with Gasteiger partial charge >= 0.3 is 0 Å². The molecule has 0 atom stereocenters. The summed E-state index contributed by atoms with van der Waals surface area (Å²) in [6.07, 6.45) is 0. The van der Waals surface area contributed by atoms with Crippen molar-refractivity contribution in [1.29, 1.82) is 0 Å². The zero-order chi connectivity index (χ0) is 19.6. The second-order valence-electron chi connectivity index (χ2n) is 5.51. The largest absolute Gasteiger partial charge is 0.494 e. The predicted octanol–water partition coefficient (Wildman–Crippen LogP) is 2.19. The number of nitrogens with one attached hydrogen (secondary N) is 1. The van der Waals surface area contributed by atoms with E-state index in [-0.39, 0.29) is 11.4 Å². The molecule has 3 aromatic rings. The normalized spacial score (nSPS) is 10.5. The van der Waals surface area contributed by atoms with Crippen molar-refractivity contribution < 1.29 is 23.7 Å². The van der Waals surface area contributed by atoms with Crippen LogP contribution in [0.25, 0.3) is 10.9 Å². The van der Waals surface area contributed by atoms with Gasteiger partial charge in [-0.3, -0.25) is 9.59 Å². The number of ketones is 1. The quantitative estimate of drug-likeness (QED) is 0.664. The van der Waals surface area contributed by atoms with E-state index in [0.29, 0.717) is 33.9 Å². The Labute approximate surface area is 154 Å². The molecule has 0 aliphatic rings. The highest BCUT2D eigenvalue weighted by Gasteiger charge is 2.21. The summed E-state index contributed by atoms with van der Waals surface area (Å²) in [6, 6.07) is 7.95. The molecule has 0 unspecified atom stereocenters. The SMILES string of the molecule is COc1cc(C(=O)c2nc3c(OC)cccc3c(=O)[nH]2)cc(OC)c1OC. The highest BCUT2D eigenvalue weighted by molar-refractivity contribution is 6.08. The number of fused-ring (bicyclic) bond motifs is 1. The molecule has 3 rings (SSSR count). The Balaban J connectivity index is 2.18. The Morgan fingerprint density at radius 1 is 0.926 bits per heavy atom. The molecule has 1 aromatic heterocycles. The minimum Gasteiger partial charge on any atom is -0.494 e. The number of hydrogen-bond donors (Lipinski definition) is 1. The molecule has 27 heavy (non-hydrogen) atoms. The van der Waals surface area contributed by atoms with E-state index in [0.717, 1.165) is 0 Å². The van der Waals surface area contributed by atoms with Crippen molar-refractivity contribution in [2.75, 3.05) is 28.4 Å². The van der Waals surface area contributed by atoms with E-state index in [9.17, 15) is 9.59 Å². The van der Waals surface area contributed by atoms with Gasteiger partial charge in [0.1, 0.15) is 11.3 Å². The molecular formula is C19H18N2O6. The summed E-state index contributed by atoms with van der Waals surface area (Å²) in [5, 5.41) is 0.329. The lowest BCUT2D eigenvalue weighted by Gasteiger charge is -2.13. The van der Waals surface area contributed by atoms with Crippen molar-refractivity contribution in [2.45, 2.75) is 0 Å². The summed E-state index contributed by atoms with van der Waals surface area (Å²) < 4.78 is 21.0. The third-order valence-corrected chi connectivity index (χ3v) is 4.06. The van der Waals surface area contributed by atoms with Crippen LogP contribution in [-0.2, 0) is 0 Å². The Bertz CT molecular complexity index is 1050. The van der Waals surface area contributed by atoms with Crippen LogP contribution in [0.15, 0.2) is 35.1 Å². The third kappa shape index (κ3) is 3.17. The van der Waals surface area contributed by atoms with Gasteiger partial charge in [0.05, 0.1) is 33.8 Å². The lowest BCUT2D eigenvalue weighted by atomic mass is 10.1. The number of H-pyrrole nitrogens is 1. The number of ether oxygens (including phenoxy) is 4. The maximum atomic E-state index is 13.0. The highest BCUT2D eigenvalue weighted by Crippen LogP contribution is 2.38. The molecule has 0 saturated heterocycles. The van der Waals surface area contributed by atoms with Gasteiger partial charge in [0.25, 0.3) is 5.56 Å². The minimum absolute atomic E-state index is 0.119. The molecule has 1 heterocycles. The second kappa shape index (κ2) is 7.36. The average Bonchev–Trinajstić information content (AvgIpc) is 2.71. The first-order valence-corrected chi connectivity index (χ1v) is 7.95. The topological polar surface area (TPSA) is 99.7 Å². The van der Waals surface area contributed by atoms with Gasteiger partial charge in [0, 0.05) is 5.56 Å². The van der Waals surface area contributed by atoms with E-state index in [1.807, 2.05) is 0 Å². The van der Waals surface area contributed by atoms with Crippen LogP contribution >= 0.6 is 0 Å². The summed E-state index contributed by atoms with van der Waals surface area (Å²) >= 11 is 0. The summed E-state index contributed by atoms with van der Waals surface area (Å²) in [5.41, 5.74) is 0.0936. The molecule has 0 aliphatic carbocycles. The second-order valence-corrected chi connectivity index (χ2v) is 5.51. The number of nitrogens with zero attached hydrogens (tertiary/aromatic N) is 1. The van der Waals surface area contributed by atoms with Gasteiger partial charge in [-0.15, -0.1) is 0 Å². The van der Waals surface area contributed by atoms with Gasteiger partial charge in [0.15, 0.2) is 17.3 Å². The van der Waals surface area contributed by atoms with Crippen LogP contribution in [0.2, 0.25) is 0 Å². The summed E-state index contributed by atoms with van der Waals surface area (Å²) in [7, 11) is 5.84. The lowest BCUT2D eigenvalue weighted by Crippen LogP contribution is -2.17. The van der Waals surface area contributed by atoms with E-state index in [4.69, 9.17) is 18.9 Å². The number of methoxy groups -OCH3 is 4. The monoisotopic (exact) mass is 370 g/mol. The first-order valence-electron chi connectivity index (χ1n) is 7.95. The van der Waals surface area contributed by atoms with Crippen LogP contribution in [0.5, 0.6) is 23.0 Å². The molecule has 0 amide bonds. The van der Waals surface area contributed by atoms with Crippen molar-refractivity contribution in [3.63, 3.8) is 0 Å². The molecule has 0 fully saturated rings. The molecule has 1 N–H and O–H groups in total. The fourth-order valence-electron chi connectivity index (χ4n) is 2.76. The summed E-state index contributed by atoms with van der Waals surface area (Å²) in [4.78, 5) is 32.1. The third-order valence-electron chi connectivity index (χ3n) is 4.06. The van der Waals surface area contributed by atoms with Gasteiger partial charge < -0.3 is 23.9 Å². The molecule has 0 bridgehead atoms. The molecule has 0 saturated carbocycles. The number of rotatable bonds is 6. The van der Waals surface area contributed by atoms with Crippen LogP contribution in [0.1, 0.15) is 16.2 Å². The Morgan fingerprint density at radius 3 is 2.11 bits per heavy atom. The summed E-state index contributed by atoms with van der Waals surface area (Å²) in [5.74, 6) is 0.781. The van der Waals surface area contributed by atoms with Gasteiger partial charge in [-0.05, 0) is 24.3 Å². The van der Waals surface area contributed by atoms with E-state index in [1.54, 1.807) is 18.2 Å². The molecule has 2 aromatic carbocycles. The van der Waals surface area contributed by atoms with E-state index < -0.39 is 11.3 Å². The average molecular weight is 370 g/mol. The highest BCUT2D eigenvalue weighted by atomic mass is 16.5. The molecule has 0 spiro atoms. The van der Waals surface area contributed by atoms with E-state index >= 15 is 0 Å². The Kier molecular flexibility index (Phi) is 4.98. The smallest absolute Gasteiger partial charge is 0.259 e. The summed E-state index contributed by atoms with van der Waals surface area (Å²) in [6.45, 7) is 0. The van der Waals surface area contributed by atoms with Crippen LogP contribution < -0.4 is 24.5 Å². The van der Waals surface area contributed by atoms with Gasteiger partial charge in [0.2, 0.25) is 11.5 Å². The van der Waals surface area contributed by atoms with E-state index in [2.05, 4.69) is 9.97 Å². The van der Waals surface area contributed by atoms with Crippen molar-refractivity contribution in [3.05, 3.63) is 52.1 Å². The number of carbonyl (C=O) groups excluding carboxylic acids is 1. The number of aromatic amines is 1. The lowest BCUT2D eigenvalue weighted by molar-refractivity contribution is 0.102. The van der Waals surface area contributed by atoms with Gasteiger partial charge in [-0.1, -0.05) is 6.07 Å². The van der Waals surface area contributed by atoms with Gasteiger partial charge in [-0.2, -0.15) is 0 Å². The van der Waals surface area contributed by atoms with Crippen LogP contribution in [0.4, 0.5) is 0 Å².